The molecule has 5 heteroatoms. The monoisotopic (exact) mass is 308 g/mol. The molecule has 2 atom stereocenters. The zero-order valence-electron chi connectivity index (χ0n) is 13.4. The first-order valence-electron chi connectivity index (χ1n) is 8.19. The number of carbonyl (C=O) groups is 1. The summed E-state index contributed by atoms with van der Waals surface area (Å²) in [6.07, 6.45) is 4.04. The topological polar surface area (TPSA) is 59.8 Å². The number of hydrogen-bond acceptors (Lipinski definition) is 4. The fourth-order valence-electron chi connectivity index (χ4n) is 3.59. The number of aromatic nitrogens is 3. The summed E-state index contributed by atoms with van der Waals surface area (Å²) in [4.78, 5) is 17.0. The SMILES string of the molecule is CCc1ccc([C@H]2C3=C(C[C@@H](C)CC3=O)Nc3ncnn32)cc1. The highest BCUT2D eigenvalue weighted by Crippen LogP contribution is 2.40. The summed E-state index contributed by atoms with van der Waals surface area (Å²) in [5, 5.41) is 7.67. The van der Waals surface area contributed by atoms with Gasteiger partial charge in [-0.25, -0.2) is 4.68 Å². The Hall–Kier alpha value is -2.43. The number of rotatable bonds is 2. The number of benzene rings is 1. The van der Waals surface area contributed by atoms with Gasteiger partial charge in [-0.2, -0.15) is 10.1 Å². The Morgan fingerprint density at radius 1 is 1.26 bits per heavy atom. The first kappa shape index (κ1) is 14.2. The van der Waals surface area contributed by atoms with Gasteiger partial charge in [0.25, 0.3) is 0 Å². The molecule has 1 aromatic heterocycles. The highest BCUT2D eigenvalue weighted by Gasteiger charge is 2.37. The highest BCUT2D eigenvalue weighted by atomic mass is 16.1. The van der Waals surface area contributed by atoms with Crippen molar-refractivity contribution in [3.05, 3.63) is 53.0 Å². The van der Waals surface area contributed by atoms with Gasteiger partial charge in [-0.05, 0) is 29.9 Å². The van der Waals surface area contributed by atoms with E-state index in [-0.39, 0.29) is 11.8 Å². The van der Waals surface area contributed by atoms with Crippen molar-refractivity contribution < 1.29 is 4.79 Å². The van der Waals surface area contributed by atoms with E-state index in [0.717, 1.165) is 35.6 Å². The minimum absolute atomic E-state index is 0.172. The lowest BCUT2D eigenvalue weighted by molar-refractivity contribution is -0.117. The van der Waals surface area contributed by atoms with Crippen LogP contribution in [0.2, 0.25) is 0 Å². The second-order valence-electron chi connectivity index (χ2n) is 6.48. The highest BCUT2D eigenvalue weighted by molar-refractivity contribution is 5.99. The quantitative estimate of drug-likeness (QED) is 0.926. The second kappa shape index (κ2) is 5.33. The summed E-state index contributed by atoms with van der Waals surface area (Å²) in [6, 6.07) is 8.30. The molecular weight excluding hydrogens is 288 g/mol. The van der Waals surface area contributed by atoms with E-state index in [4.69, 9.17) is 0 Å². The van der Waals surface area contributed by atoms with Crippen LogP contribution in [0.1, 0.15) is 43.9 Å². The standard InChI is InChI=1S/C18H20N4O/c1-3-12-4-6-13(7-5-12)17-16-14(8-11(2)9-15(16)23)21-18-19-10-20-22(17)18/h4-7,10-11,17H,3,8-9H2,1-2H3,(H,19,20,21)/t11-,17+/m1/s1. The molecule has 0 radical (unpaired) electrons. The molecule has 2 aromatic rings. The first-order chi connectivity index (χ1) is 11.2. The maximum atomic E-state index is 12.7. The average Bonchev–Trinajstić information content (AvgIpc) is 3.00. The fraction of sp³-hybridized carbons (Fsp3) is 0.389. The van der Waals surface area contributed by atoms with Crippen molar-refractivity contribution in [3.8, 4) is 0 Å². The third kappa shape index (κ3) is 2.27. The Kier molecular flexibility index (Phi) is 3.29. The summed E-state index contributed by atoms with van der Waals surface area (Å²) in [5.41, 5.74) is 4.24. The zero-order chi connectivity index (χ0) is 16.0. The van der Waals surface area contributed by atoms with Crippen molar-refractivity contribution in [1.82, 2.24) is 14.8 Å². The Bertz CT molecular complexity index is 788. The van der Waals surface area contributed by atoms with Gasteiger partial charge in [0.1, 0.15) is 12.4 Å². The van der Waals surface area contributed by atoms with Crippen LogP contribution in [0.4, 0.5) is 5.95 Å². The van der Waals surface area contributed by atoms with Crippen LogP contribution in [0.5, 0.6) is 0 Å². The first-order valence-corrected chi connectivity index (χ1v) is 8.19. The lowest BCUT2D eigenvalue weighted by Crippen LogP contribution is -2.33. The maximum absolute atomic E-state index is 12.7. The molecule has 4 rings (SSSR count). The molecule has 1 aromatic carbocycles. The molecule has 1 N–H and O–H groups in total. The van der Waals surface area contributed by atoms with Crippen LogP contribution in [0.25, 0.3) is 0 Å². The molecule has 0 bridgehead atoms. The number of ketones is 1. The lowest BCUT2D eigenvalue weighted by atomic mass is 9.81. The maximum Gasteiger partial charge on any atom is 0.226 e. The summed E-state index contributed by atoms with van der Waals surface area (Å²) in [7, 11) is 0. The molecule has 0 unspecified atom stereocenters. The molecule has 5 nitrogen and oxygen atoms in total. The van der Waals surface area contributed by atoms with Gasteiger partial charge >= 0.3 is 0 Å². The molecule has 0 saturated heterocycles. The van der Waals surface area contributed by atoms with Crippen LogP contribution in [-0.4, -0.2) is 20.5 Å². The van der Waals surface area contributed by atoms with Crippen LogP contribution < -0.4 is 5.32 Å². The summed E-state index contributed by atoms with van der Waals surface area (Å²) in [6.45, 7) is 4.26. The van der Waals surface area contributed by atoms with Gasteiger partial charge in [-0.15, -0.1) is 0 Å². The summed E-state index contributed by atoms with van der Waals surface area (Å²) in [5.74, 6) is 1.30. The third-order valence-electron chi connectivity index (χ3n) is 4.77. The molecule has 0 spiro atoms. The largest absolute Gasteiger partial charge is 0.328 e. The Morgan fingerprint density at radius 3 is 2.78 bits per heavy atom. The van der Waals surface area contributed by atoms with Gasteiger partial charge < -0.3 is 5.32 Å². The Balaban J connectivity index is 1.85. The number of hydrogen-bond donors (Lipinski definition) is 1. The van der Waals surface area contributed by atoms with Gasteiger partial charge in [-0.1, -0.05) is 38.1 Å². The Morgan fingerprint density at radius 2 is 2.04 bits per heavy atom. The van der Waals surface area contributed by atoms with E-state index in [0.29, 0.717) is 12.3 Å². The third-order valence-corrected chi connectivity index (χ3v) is 4.77. The van der Waals surface area contributed by atoms with Gasteiger partial charge in [0.05, 0.1) is 0 Å². The number of nitrogens with zero attached hydrogens (tertiary/aromatic N) is 3. The van der Waals surface area contributed by atoms with E-state index >= 15 is 0 Å². The van der Waals surface area contributed by atoms with Crippen LogP contribution >= 0.6 is 0 Å². The molecule has 2 heterocycles. The van der Waals surface area contributed by atoms with Gasteiger partial charge in [0.15, 0.2) is 5.78 Å². The minimum Gasteiger partial charge on any atom is -0.328 e. The summed E-state index contributed by atoms with van der Waals surface area (Å²) >= 11 is 0. The number of aryl methyl sites for hydroxylation is 1. The number of Topliss-reactive ketones (excluding diaryl/α,β-unsaturated/α-hetero) is 1. The van der Waals surface area contributed by atoms with Crippen molar-refractivity contribution in [2.75, 3.05) is 5.32 Å². The predicted octanol–water partition coefficient (Wildman–Crippen LogP) is 3.11. The van der Waals surface area contributed by atoms with E-state index in [1.54, 1.807) is 6.33 Å². The Labute approximate surface area is 135 Å². The molecule has 118 valence electrons. The average molecular weight is 308 g/mol. The van der Waals surface area contributed by atoms with Gasteiger partial charge in [0, 0.05) is 17.7 Å². The van der Waals surface area contributed by atoms with Gasteiger partial charge in [-0.3, -0.25) is 4.79 Å². The minimum atomic E-state index is -0.172. The van der Waals surface area contributed by atoms with Crippen LogP contribution in [0.3, 0.4) is 0 Å². The molecule has 0 saturated carbocycles. The van der Waals surface area contributed by atoms with E-state index < -0.39 is 0 Å². The van der Waals surface area contributed by atoms with E-state index in [2.05, 4.69) is 53.5 Å². The van der Waals surface area contributed by atoms with Crippen molar-refractivity contribution in [2.24, 2.45) is 5.92 Å². The summed E-state index contributed by atoms with van der Waals surface area (Å²) < 4.78 is 1.83. The zero-order valence-corrected chi connectivity index (χ0v) is 13.4. The molecule has 2 aliphatic rings. The smallest absolute Gasteiger partial charge is 0.226 e. The van der Waals surface area contributed by atoms with E-state index in [1.807, 2.05) is 4.68 Å². The second-order valence-corrected chi connectivity index (χ2v) is 6.48. The van der Waals surface area contributed by atoms with Crippen molar-refractivity contribution >= 4 is 11.7 Å². The van der Waals surface area contributed by atoms with Crippen molar-refractivity contribution in [2.45, 2.75) is 39.2 Å². The molecule has 0 amide bonds. The predicted molar refractivity (Wildman–Crippen MR) is 88.0 cm³/mol. The number of allylic oxidation sites excluding steroid dienone is 2. The molecule has 23 heavy (non-hydrogen) atoms. The van der Waals surface area contributed by atoms with E-state index in [9.17, 15) is 4.79 Å². The molecular formula is C18H20N4O. The van der Waals surface area contributed by atoms with Crippen LogP contribution in [0.15, 0.2) is 41.9 Å². The van der Waals surface area contributed by atoms with E-state index in [1.165, 1.54) is 5.56 Å². The number of anilines is 1. The van der Waals surface area contributed by atoms with Crippen LogP contribution in [-0.2, 0) is 11.2 Å². The molecule has 1 aliphatic heterocycles. The number of fused-ring (bicyclic) bond motifs is 1. The van der Waals surface area contributed by atoms with Gasteiger partial charge in [0.2, 0.25) is 5.95 Å². The van der Waals surface area contributed by atoms with Crippen molar-refractivity contribution in [1.29, 1.82) is 0 Å². The molecule has 1 aliphatic carbocycles. The number of nitrogens with one attached hydrogen (secondary N) is 1. The number of carbonyl (C=O) groups excluding carboxylic acids is 1. The lowest BCUT2D eigenvalue weighted by Gasteiger charge is -2.34. The normalized spacial score (nSPS) is 23.3. The fourth-order valence-corrected chi connectivity index (χ4v) is 3.59. The van der Waals surface area contributed by atoms with Crippen LogP contribution in [0, 0.1) is 5.92 Å². The van der Waals surface area contributed by atoms with Crippen molar-refractivity contribution in [3.63, 3.8) is 0 Å². The molecule has 0 fully saturated rings.